The van der Waals surface area contributed by atoms with E-state index in [1.54, 1.807) is 6.92 Å². The van der Waals surface area contributed by atoms with Crippen molar-refractivity contribution >= 4 is 23.2 Å². The number of primary amides is 1. The van der Waals surface area contributed by atoms with Crippen molar-refractivity contribution in [3.8, 4) is 0 Å². The van der Waals surface area contributed by atoms with Gasteiger partial charge in [0.2, 0.25) is 11.8 Å². The van der Waals surface area contributed by atoms with Crippen molar-refractivity contribution in [3.05, 3.63) is 24.3 Å². The molecule has 0 bridgehead atoms. The normalized spacial score (nSPS) is 17.1. The van der Waals surface area contributed by atoms with E-state index in [-0.39, 0.29) is 30.2 Å². The van der Waals surface area contributed by atoms with Crippen LogP contribution in [0.15, 0.2) is 24.3 Å². The highest BCUT2D eigenvalue weighted by Crippen LogP contribution is 2.29. The second-order valence-corrected chi connectivity index (χ2v) is 5.91. The molecule has 0 saturated carbocycles. The summed E-state index contributed by atoms with van der Waals surface area (Å²) in [6.45, 7) is 3.32. The van der Waals surface area contributed by atoms with Crippen LogP contribution < -0.4 is 21.7 Å². The first-order chi connectivity index (χ1) is 10.5. The monoisotopic (exact) mass is 304 g/mol. The number of piperidine rings is 1. The van der Waals surface area contributed by atoms with Crippen molar-refractivity contribution in [2.75, 3.05) is 23.3 Å². The average molecular weight is 304 g/mol. The Morgan fingerprint density at radius 3 is 2.55 bits per heavy atom. The topological polar surface area (TPSA) is 101 Å². The number of nitrogens with zero attached hydrogens (tertiary/aromatic N) is 1. The lowest BCUT2D eigenvalue weighted by Gasteiger charge is -2.33. The first kappa shape index (κ1) is 16.3. The Kier molecular flexibility index (Phi) is 5.38. The molecule has 0 aromatic heterocycles. The van der Waals surface area contributed by atoms with Crippen molar-refractivity contribution in [3.63, 3.8) is 0 Å². The molecule has 1 aliphatic heterocycles. The Morgan fingerprint density at radius 2 is 1.95 bits per heavy atom. The predicted octanol–water partition coefficient (Wildman–Crippen LogP) is 1.06. The van der Waals surface area contributed by atoms with Gasteiger partial charge < -0.3 is 21.7 Å². The van der Waals surface area contributed by atoms with Gasteiger partial charge in [-0.1, -0.05) is 12.1 Å². The number of nitrogens with two attached hydrogens (primary N) is 2. The molecule has 1 unspecified atom stereocenters. The van der Waals surface area contributed by atoms with Crippen molar-refractivity contribution in [1.29, 1.82) is 0 Å². The Morgan fingerprint density at radius 1 is 1.32 bits per heavy atom. The molecule has 6 nitrogen and oxygen atoms in total. The number of rotatable bonds is 5. The SMILES string of the molecule is CC(N)CC(=O)Nc1ccccc1N1CCC(C(N)=O)CC1. The number of anilines is 2. The molecule has 2 rings (SSSR count). The number of amides is 2. The summed E-state index contributed by atoms with van der Waals surface area (Å²) in [5.74, 6) is -0.358. The summed E-state index contributed by atoms with van der Waals surface area (Å²) in [5, 5.41) is 2.92. The van der Waals surface area contributed by atoms with E-state index in [0.717, 1.165) is 37.3 Å². The van der Waals surface area contributed by atoms with Crippen LogP contribution in [-0.2, 0) is 9.59 Å². The number of carbonyl (C=O) groups is 2. The standard InChI is InChI=1S/C16H24N4O2/c1-11(17)10-15(21)19-13-4-2-3-5-14(13)20-8-6-12(7-9-20)16(18)22/h2-5,11-12H,6-10,17H2,1H3,(H2,18,22)(H,19,21). The molecular weight excluding hydrogens is 280 g/mol. The van der Waals surface area contributed by atoms with Gasteiger partial charge >= 0.3 is 0 Å². The minimum absolute atomic E-state index is 0.0453. The first-order valence-electron chi connectivity index (χ1n) is 7.66. The Bertz CT molecular complexity index is 537. The van der Waals surface area contributed by atoms with E-state index in [0.29, 0.717) is 0 Å². The summed E-state index contributed by atoms with van der Waals surface area (Å²) in [5.41, 5.74) is 12.8. The minimum atomic E-state index is -0.224. The van der Waals surface area contributed by atoms with Crippen LogP contribution in [0.3, 0.4) is 0 Å². The zero-order valence-electron chi connectivity index (χ0n) is 12.9. The van der Waals surface area contributed by atoms with Crippen LogP contribution in [0.1, 0.15) is 26.2 Å². The molecule has 1 atom stereocenters. The molecule has 120 valence electrons. The van der Waals surface area contributed by atoms with Crippen molar-refractivity contribution < 1.29 is 9.59 Å². The Hall–Kier alpha value is -2.08. The maximum absolute atomic E-state index is 11.9. The minimum Gasteiger partial charge on any atom is -0.370 e. The second-order valence-electron chi connectivity index (χ2n) is 5.91. The third kappa shape index (κ3) is 4.21. The fourth-order valence-corrected chi connectivity index (χ4v) is 2.75. The third-order valence-electron chi connectivity index (χ3n) is 3.92. The lowest BCUT2D eigenvalue weighted by atomic mass is 9.96. The molecule has 1 fully saturated rings. The summed E-state index contributed by atoms with van der Waals surface area (Å²) < 4.78 is 0. The summed E-state index contributed by atoms with van der Waals surface area (Å²) in [6.07, 6.45) is 1.78. The van der Waals surface area contributed by atoms with Crippen molar-refractivity contribution in [1.82, 2.24) is 0 Å². The van der Waals surface area contributed by atoms with E-state index in [1.807, 2.05) is 24.3 Å². The van der Waals surface area contributed by atoms with E-state index in [1.165, 1.54) is 0 Å². The fourth-order valence-electron chi connectivity index (χ4n) is 2.75. The van der Waals surface area contributed by atoms with E-state index >= 15 is 0 Å². The molecule has 1 saturated heterocycles. The number of hydrogen-bond donors (Lipinski definition) is 3. The van der Waals surface area contributed by atoms with Gasteiger partial charge in [-0.2, -0.15) is 0 Å². The smallest absolute Gasteiger partial charge is 0.225 e. The fraction of sp³-hybridized carbons (Fsp3) is 0.500. The van der Waals surface area contributed by atoms with Crippen LogP contribution in [0.5, 0.6) is 0 Å². The summed E-state index contributed by atoms with van der Waals surface area (Å²) in [7, 11) is 0. The van der Waals surface area contributed by atoms with Gasteiger partial charge in [0, 0.05) is 31.5 Å². The largest absolute Gasteiger partial charge is 0.370 e. The number of nitrogens with one attached hydrogen (secondary N) is 1. The first-order valence-corrected chi connectivity index (χ1v) is 7.66. The maximum atomic E-state index is 11.9. The Labute approximate surface area is 130 Å². The van der Waals surface area contributed by atoms with Crippen LogP contribution in [0.25, 0.3) is 0 Å². The van der Waals surface area contributed by atoms with Crippen molar-refractivity contribution in [2.24, 2.45) is 17.4 Å². The van der Waals surface area contributed by atoms with Gasteiger partial charge in [-0.25, -0.2) is 0 Å². The van der Waals surface area contributed by atoms with Crippen LogP contribution in [-0.4, -0.2) is 30.9 Å². The number of carbonyl (C=O) groups excluding carboxylic acids is 2. The van der Waals surface area contributed by atoms with Gasteiger partial charge in [0.1, 0.15) is 0 Å². The Balaban J connectivity index is 2.06. The molecule has 1 aromatic rings. The van der Waals surface area contributed by atoms with Gasteiger partial charge in [-0.15, -0.1) is 0 Å². The lowest BCUT2D eigenvalue weighted by molar-refractivity contribution is -0.122. The molecule has 1 heterocycles. The molecular formula is C16H24N4O2. The van der Waals surface area contributed by atoms with Crippen LogP contribution in [0, 0.1) is 5.92 Å². The maximum Gasteiger partial charge on any atom is 0.225 e. The van der Waals surface area contributed by atoms with E-state index in [9.17, 15) is 9.59 Å². The summed E-state index contributed by atoms with van der Waals surface area (Å²) in [4.78, 5) is 25.4. The summed E-state index contributed by atoms with van der Waals surface area (Å²) in [6, 6.07) is 7.52. The van der Waals surface area contributed by atoms with Gasteiger partial charge in [-0.05, 0) is 31.9 Å². The number of hydrogen-bond acceptors (Lipinski definition) is 4. The highest BCUT2D eigenvalue weighted by Gasteiger charge is 2.24. The zero-order chi connectivity index (χ0) is 16.1. The van der Waals surface area contributed by atoms with Gasteiger partial charge in [0.25, 0.3) is 0 Å². The molecule has 0 radical (unpaired) electrons. The average Bonchev–Trinajstić information content (AvgIpc) is 2.47. The lowest BCUT2D eigenvalue weighted by Crippen LogP contribution is -2.39. The van der Waals surface area contributed by atoms with Crippen molar-refractivity contribution in [2.45, 2.75) is 32.2 Å². The van der Waals surface area contributed by atoms with E-state index in [4.69, 9.17) is 11.5 Å². The highest BCUT2D eigenvalue weighted by atomic mass is 16.2. The van der Waals surface area contributed by atoms with Crippen LogP contribution >= 0.6 is 0 Å². The van der Waals surface area contributed by atoms with E-state index in [2.05, 4.69) is 10.2 Å². The molecule has 0 spiro atoms. The van der Waals surface area contributed by atoms with Gasteiger partial charge in [-0.3, -0.25) is 9.59 Å². The molecule has 1 aliphatic rings. The summed E-state index contributed by atoms with van der Waals surface area (Å²) >= 11 is 0. The molecule has 0 aliphatic carbocycles. The second kappa shape index (κ2) is 7.26. The van der Waals surface area contributed by atoms with Crippen LogP contribution in [0.2, 0.25) is 0 Å². The zero-order valence-corrected chi connectivity index (χ0v) is 12.9. The highest BCUT2D eigenvalue weighted by molar-refractivity contribution is 5.94. The predicted molar refractivity (Wildman–Crippen MR) is 87.5 cm³/mol. The quantitative estimate of drug-likeness (QED) is 0.757. The van der Waals surface area contributed by atoms with Crippen LogP contribution in [0.4, 0.5) is 11.4 Å². The molecule has 1 aromatic carbocycles. The molecule has 6 heteroatoms. The molecule has 22 heavy (non-hydrogen) atoms. The molecule has 5 N–H and O–H groups in total. The van der Waals surface area contributed by atoms with Gasteiger partial charge in [0.05, 0.1) is 11.4 Å². The van der Waals surface area contributed by atoms with Gasteiger partial charge in [0.15, 0.2) is 0 Å². The number of benzene rings is 1. The third-order valence-corrected chi connectivity index (χ3v) is 3.92. The number of para-hydroxylation sites is 2. The molecule has 2 amide bonds. The van der Waals surface area contributed by atoms with E-state index < -0.39 is 0 Å².